The maximum absolute atomic E-state index is 10.5. The molecule has 0 spiro atoms. The van der Waals surface area contributed by atoms with Crippen LogP contribution in [0, 0.1) is 11.3 Å². The zero-order valence-corrected chi connectivity index (χ0v) is 11.5. The molecule has 1 fully saturated rings. The van der Waals surface area contributed by atoms with Crippen LogP contribution in [0.2, 0.25) is 0 Å². The van der Waals surface area contributed by atoms with Gasteiger partial charge in [-0.1, -0.05) is 27.2 Å². The van der Waals surface area contributed by atoms with Crippen LogP contribution < -0.4 is 5.32 Å². The van der Waals surface area contributed by atoms with Gasteiger partial charge in [-0.25, -0.2) is 0 Å². The first kappa shape index (κ1) is 14.5. The lowest BCUT2D eigenvalue weighted by molar-refractivity contribution is -0.136. The summed E-state index contributed by atoms with van der Waals surface area (Å²) >= 11 is 0. The van der Waals surface area contributed by atoms with Crippen LogP contribution in [0.1, 0.15) is 59.3 Å². The molecule has 0 radical (unpaired) electrons. The first-order valence-corrected chi connectivity index (χ1v) is 6.85. The fourth-order valence-electron chi connectivity index (χ4n) is 2.76. The number of rotatable bonds is 4. The lowest BCUT2D eigenvalue weighted by Gasteiger charge is -2.29. The highest BCUT2D eigenvalue weighted by Gasteiger charge is 2.27. The summed E-state index contributed by atoms with van der Waals surface area (Å²) in [5, 5.41) is 12.0. The molecule has 2 atom stereocenters. The minimum atomic E-state index is -0.710. The van der Waals surface area contributed by atoms with Crippen molar-refractivity contribution in [2.45, 2.75) is 65.3 Å². The van der Waals surface area contributed by atoms with Gasteiger partial charge in [-0.05, 0) is 37.0 Å². The summed E-state index contributed by atoms with van der Waals surface area (Å²) in [4.78, 5) is 10.5. The first-order chi connectivity index (χ1) is 7.89. The average molecular weight is 241 g/mol. The second kappa shape index (κ2) is 6.39. The smallest absolute Gasteiger partial charge is 0.304 e. The Morgan fingerprint density at radius 2 is 1.94 bits per heavy atom. The van der Waals surface area contributed by atoms with Crippen LogP contribution in [-0.4, -0.2) is 23.7 Å². The maximum atomic E-state index is 10.5. The zero-order chi connectivity index (χ0) is 12.9. The molecule has 3 nitrogen and oxygen atoms in total. The second-order valence-corrected chi connectivity index (χ2v) is 6.37. The summed E-state index contributed by atoms with van der Waals surface area (Å²) in [6, 6.07) is 0.529. The largest absolute Gasteiger partial charge is 0.481 e. The Labute approximate surface area is 105 Å². The lowest BCUT2D eigenvalue weighted by Crippen LogP contribution is -2.30. The highest BCUT2D eigenvalue weighted by atomic mass is 16.4. The number of carbonyl (C=O) groups is 1. The quantitative estimate of drug-likeness (QED) is 0.744. The van der Waals surface area contributed by atoms with Crippen LogP contribution in [0.25, 0.3) is 0 Å². The summed E-state index contributed by atoms with van der Waals surface area (Å²) in [5.74, 6) is 0.104. The predicted octanol–water partition coefficient (Wildman–Crippen LogP) is 3.05. The Kier molecular flexibility index (Phi) is 5.44. The molecule has 1 rings (SSSR count). The molecule has 0 bridgehead atoms. The van der Waals surface area contributed by atoms with Gasteiger partial charge in [-0.15, -0.1) is 0 Å². The van der Waals surface area contributed by atoms with E-state index in [2.05, 4.69) is 26.1 Å². The van der Waals surface area contributed by atoms with Crippen molar-refractivity contribution < 1.29 is 9.90 Å². The first-order valence-electron chi connectivity index (χ1n) is 6.85. The van der Waals surface area contributed by atoms with Crippen LogP contribution in [-0.2, 0) is 4.79 Å². The third kappa shape index (κ3) is 5.53. The number of hydrogen-bond donors (Lipinski definition) is 2. The molecular weight excluding hydrogens is 214 g/mol. The molecule has 1 aliphatic rings. The maximum Gasteiger partial charge on any atom is 0.304 e. The number of hydrogen-bond acceptors (Lipinski definition) is 2. The summed E-state index contributed by atoms with van der Waals surface area (Å²) in [6.07, 6.45) is 6.49. The minimum Gasteiger partial charge on any atom is -0.481 e. The van der Waals surface area contributed by atoms with Crippen molar-refractivity contribution in [1.29, 1.82) is 0 Å². The molecule has 3 heteroatoms. The van der Waals surface area contributed by atoms with E-state index in [-0.39, 0.29) is 6.42 Å². The Hall–Kier alpha value is -0.570. The van der Waals surface area contributed by atoms with Gasteiger partial charge in [0.25, 0.3) is 0 Å². The predicted molar refractivity (Wildman–Crippen MR) is 70.1 cm³/mol. The molecule has 0 amide bonds. The Balaban J connectivity index is 2.30. The third-order valence-electron chi connectivity index (χ3n) is 3.97. The van der Waals surface area contributed by atoms with Gasteiger partial charge in [0.15, 0.2) is 0 Å². The van der Waals surface area contributed by atoms with Crippen LogP contribution in [0.4, 0.5) is 0 Å². The van der Waals surface area contributed by atoms with Crippen molar-refractivity contribution in [2.75, 3.05) is 6.54 Å². The fraction of sp³-hybridized carbons (Fsp3) is 0.929. The molecule has 0 heterocycles. The molecule has 0 aromatic carbocycles. The van der Waals surface area contributed by atoms with E-state index in [1.165, 1.54) is 32.1 Å². The number of carboxylic acids is 1. The molecule has 17 heavy (non-hydrogen) atoms. The molecular formula is C14H27NO2. The van der Waals surface area contributed by atoms with Crippen LogP contribution >= 0.6 is 0 Å². The third-order valence-corrected chi connectivity index (χ3v) is 3.97. The molecule has 1 aliphatic carbocycles. The monoisotopic (exact) mass is 241 g/mol. The zero-order valence-electron chi connectivity index (χ0n) is 11.5. The standard InChI is InChI=1S/C14H27NO2/c1-14(2,3)11-5-4-6-12(8-7-11)15-10-9-13(16)17/h11-12,15H,4-10H2,1-3H3,(H,16,17). The SMILES string of the molecule is CC(C)(C)C1CCCC(NCCC(=O)O)CC1. The van der Waals surface area contributed by atoms with Crippen LogP contribution in [0.15, 0.2) is 0 Å². The van der Waals surface area contributed by atoms with Gasteiger partial charge in [0, 0.05) is 12.6 Å². The van der Waals surface area contributed by atoms with Crippen molar-refractivity contribution >= 4 is 5.97 Å². The van der Waals surface area contributed by atoms with Gasteiger partial charge in [-0.3, -0.25) is 4.79 Å². The van der Waals surface area contributed by atoms with E-state index in [9.17, 15) is 4.79 Å². The molecule has 100 valence electrons. The Morgan fingerprint density at radius 3 is 2.53 bits per heavy atom. The van der Waals surface area contributed by atoms with Crippen molar-refractivity contribution in [2.24, 2.45) is 11.3 Å². The minimum absolute atomic E-state index is 0.235. The van der Waals surface area contributed by atoms with Gasteiger partial charge in [0.05, 0.1) is 6.42 Å². The van der Waals surface area contributed by atoms with Gasteiger partial charge in [-0.2, -0.15) is 0 Å². The molecule has 0 aliphatic heterocycles. The van der Waals surface area contributed by atoms with Crippen molar-refractivity contribution in [1.82, 2.24) is 5.32 Å². The van der Waals surface area contributed by atoms with E-state index in [1.54, 1.807) is 0 Å². The topological polar surface area (TPSA) is 49.3 Å². The van der Waals surface area contributed by atoms with Crippen molar-refractivity contribution in [3.63, 3.8) is 0 Å². The van der Waals surface area contributed by atoms with Gasteiger partial charge in [0.1, 0.15) is 0 Å². The number of nitrogens with one attached hydrogen (secondary N) is 1. The number of carboxylic acid groups (broad SMARTS) is 1. The van der Waals surface area contributed by atoms with Crippen molar-refractivity contribution in [3.8, 4) is 0 Å². The van der Waals surface area contributed by atoms with Crippen LogP contribution in [0.5, 0.6) is 0 Å². The van der Waals surface area contributed by atoms with E-state index in [4.69, 9.17) is 5.11 Å². The molecule has 0 aromatic rings. The molecule has 1 saturated carbocycles. The van der Waals surface area contributed by atoms with E-state index in [0.29, 0.717) is 18.0 Å². The van der Waals surface area contributed by atoms with E-state index in [1.807, 2.05) is 0 Å². The van der Waals surface area contributed by atoms with E-state index < -0.39 is 5.97 Å². The summed E-state index contributed by atoms with van der Waals surface area (Å²) in [7, 11) is 0. The Morgan fingerprint density at radius 1 is 1.24 bits per heavy atom. The van der Waals surface area contributed by atoms with Gasteiger partial charge < -0.3 is 10.4 Å². The fourth-order valence-corrected chi connectivity index (χ4v) is 2.76. The molecule has 0 saturated heterocycles. The second-order valence-electron chi connectivity index (χ2n) is 6.37. The van der Waals surface area contributed by atoms with Gasteiger partial charge in [0.2, 0.25) is 0 Å². The number of aliphatic carboxylic acids is 1. The van der Waals surface area contributed by atoms with E-state index >= 15 is 0 Å². The Bertz CT molecular complexity index is 245. The van der Waals surface area contributed by atoms with E-state index in [0.717, 1.165) is 5.92 Å². The van der Waals surface area contributed by atoms with Gasteiger partial charge >= 0.3 is 5.97 Å². The summed E-state index contributed by atoms with van der Waals surface area (Å²) in [6.45, 7) is 7.60. The summed E-state index contributed by atoms with van der Waals surface area (Å²) in [5.41, 5.74) is 0.413. The molecule has 2 unspecified atom stereocenters. The summed E-state index contributed by atoms with van der Waals surface area (Å²) < 4.78 is 0. The van der Waals surface area contributed by atoms with Crippen LogP contribution in [0.3, 0.4) is 0 Å². The highest BCUT2D eigenvalue weighted by Crippen LogP contribution is 2.36. The van der Waals surface area contributed by atoms with Crippen molar-refractivity contribution in [3.05, 3.63) is 0 Å². The normalized spacial score (nSPS) is 26.5. The molecule has 2 N–H and O–H groups in total. The molecule has 0 aromatic heterocycles. The average Bonchev–Trinajstić information content (AvgIpc) is 2.41. The highest BCUT2D eigenvalue weighted by molar-refractivity contribution is 5.66. The lowest BCUT2D eigenvalue weighted by atomic mass is 9.76.